The number of hydrogen-bond donors (Lipinski definition) is 0. The van der Waals surface area contributed by atoms with Gasteiger partial charge in [-0.05, 0) is 26.2 Å². The van der Waals surface area contributed by atoms with E-state index in [1.807, 2.05) is 0 Å². The Balaban J connectivity index is 2.04. The van der Waals surface area contributed by atoms with Crippen molar-refractivity contribution in [1.29, 1.82) is 0 Å². The first kappa shape index (κ1) is 4.77. The van der Waals surface area contributed by atoms with E-state index in [1.165, 1.54) is 19.3 Å². The van der Waals surface area contributed by atoms with E-state index in [9.17, 15) is 0 Å². The van der Waals surface area contributed by atoms with Gasteiger partial charge in [0, 0.05) is 6.54 Å². The van der Waals surface area contributed by atoms with Crippen LogP contribution in [0.2, 0.25) is 0 Å². The lowest BCUT2D eigenvalue weighted by molar-refractivity contribution is 0.199. The molecule has 0 aromatic rings. The van der Waals surface area contributed by atoms with Crippen LogP contribution in [0.3, 0.4) is 0 Å². The summed E-state index contributed by atoms with van der Waals surface area (Å²) in [5.41, 5.74) is 0.179. The van der Waals surface area contributed by atoms with Crippen molar-refractivity contribution in [2.75, 3.05) is 6.54 Å². The Morgan fingerprint density at radius 3 is 2.88 bits per heavy atom. The van der Waals surface area contributed by atoms with Crippen molar-refractivity contribution in [3.63, 3.8) is 0 Å². The fourth-order valence-electron chi connectivity index (χ4n) is 1.38. The molecule has 2 aliphatic rings. The first-order valence-corrected chi connectivity index (χ1v) is 3.28. The van der Waals surface area contributed by atoms with Gasteiger partial charge in [0.25, 0.3) is 0 Å². The van der Waals surface area contributed by atoms with Gasteiger partial charge in [0.15, 0.2) is 5.72 Å². The highest BCUT2D eigenvalue weighted by molar-refractivity contribution is 4.85. The molecule has 8 heavy (non-hydrogen) atoms. The van der Waals surface area contributed by atoms with Gasteiger partial charge in [-0.2, -0.15) is 5.06 Å². The van der Waals surface area contributed by atoms with E-state index >= 15 is 0 Å². The van der Waals surface area contributed by atoms with Gasteiger partial charge in [-0.25, -0.2) is 0 Å². The molecule has 0 aliphatic carbocycles. The molecule has 2 rings (SSSR count). The number of hydroxylamine groups is 2. The normalized spacial score (nSPS) is 52.9. The first-order chi connectivity index (χ1) is 3.81. The lowest BCUT2D eigenvalue weighted by Gasteiger charge is -2.10. The molecule has 2 unspecified atom stereocenters. The smallest absolute Gasteiger partial charge is 0.162 e. The van der Waals surface area contributed by atoms with Crippen molar-refractivity contribution in [3.8, 4) is 0 Å². The molecule has 0 aromatic heterocycles. The van der Waals surface area contributed by atoms with Crippen molar-refractivity contribution in [1.82, 2.24) is 5.06 Å². The second-order valence-corrected chi connectivity index (χ2v) is 2.83. The Labute approximate surface area is 49.4 Å². The Kier molecular flexibility index (Phi) is 0.746. The molecule has 2 heterocycles. The van der Waals surface area contributed by atoms with Gasteiger partial charge >= 0.3 is 0 Å². The van der Waals surface area contributed by atoms with E-state index in [2.05, 4.69) is 12.0 Å². The largest absolute Gasteiger partial charge is 0.272 e. The maximum absolute atomic E-state index is 5.30. The molecule has 0 aromatic carbocycles. The maximum atomic E-state index is 5.30. The molecule has 2 nitrogen and oxygen atoms in total. The summed E-state index contributed by atoms with van der Waals surface area (Å²) >= 11 is 0. The molecule has 0 saturated carbocycles. The second-order valence-electron chi connectivity index (χ2n) is 2.83. The van der Waals surface area contributed by atoms with E-state index in [1.54, 1.807) is 0 Å². The van der Waals surface area contributed by atoms with E-state index in [4.69, 9.17) is 4.84 Å². The Hall–Kier alpha value is -0.0800. The van der Waals surface area contributed by atoms with Gasteiger partial charge in [-0.1, -0.05) is 0 Å². The Morgan fingerprint density at radius 1 is 1.50 bits per heavy atom. The van der Waals surface area contributed by atoms with Crippen LogP contribution in [0.4, 0.5) is 0 Å². The molecule has 2 fully saturated rings. The average Bonchev–Trinajstić information content (AvgIpc) is 2.39. The van der Waals surface area contributed by atoms with Gasteiger partial charge in [0.2, 0.25) is 0 Å². The van der Waals surface area contributed by atoms with Gasteiger partial charge in [0.05, 0.1) is 0 Å². The average molecular weight is 113 g/mol. The fraction of sp³-hybridized carbons (Fsp3) is 1.00. The summed E-state index contributed by atoms with van der Waals surface area (Å²) in [6, 6.07) is 0. The van der Waals surface area contributed by atoms with Crippen LogP contribution < -0.4 is 0 Å². The summed E-state index contributed by atoms with van der Waals surface area (Å²) in [5.74, 6) is 0. The van der Waals surface area contributed by atoms with E-state index in [0.717, 1.165) is 6.54 Å². The van der Waals surface area contributed by atoms with Crippen molar-refractivity contribution in [3.05, 3.63) is 0 Å². The SMILES string of the molecule is CC12CCCCN1O2. The van der Waals surface area contributed by atoms with Crippen molar-refractivity contribution >= 4 is 0 Å². The van der Waals surface area contributed by atoms with E-state index < -0.39 is 0 Å². The predicted molar refractivity (Wildman–Crippen MR) is 30.0 cm³/mol. The molecular formula is C6H11NO. The molecule has 2 saturated heterocycles. The Morgan fingerprint density at radius 2 is 2.38 bits per heavy atom. The number of fused-ring (bicyclic) bond motifs is 1. The monoisotopic (exact) mass is 113 g/mol. The number of nitrogens with zero attached hydrogens (tertiary/aromatic N) is 1. The van der Waals surface area contributed by atoms with E-state index in [-0.39, 0.29) is 5.72 Å². The van der Waals surface area contributed by atoms with Crippen LogP contribution in [0.15, 0.2) is 0 Å². The molecule has 2 atom stereocenters. The standard InChI is InChI=1S/C6H11NO/c1-6-4-2-3-5-7(6)8-6/h2-5H2,1H3. The zero-order valence-electron chi connectivity index (χ0n) is 5.18. The highest BCUT2D eigenvalue weighted by atomic mass is 16.9. The van der Waals surface area contributed by atoms with Crippen LogP contribution in [0, 0.1) is 0 Å². The minimum atomic E-state index is 0.179. The molecule has 2 aliphatic heterocycles. The second kappa shape index (κ2) is 1.25. The highest BCUT2D eigenvalue weighted by Crippen LogP contribution is 2.42. The van der Waals surface area contributed by atoms with Crippen LogP contribution in [0.5, 0.6) is 0 Å². The summed E-state index contributed by atoms with van der Waals surface area (Å²) in [5, 5.41) is 2.08. The van der Waals surface area contributed by atoms with Crippen LogP contribution in [-0.2, 0) is 4.84 Å². The molecule has 0 bridgehead atoms. The minimum Gasteiger partial charge on any atom is -0.272 e. The molecule has 0 amide bonds. The van der Waals surface area contributed by atoms with Gasteiger partial charge in [-0.15, -0.1) is 0 Å². The van der Waals surface area contributed by atoms with Crippen LogP contribution in [-0.4, -0.2) is 17.3 Å². The quantitative estimate of drug-likeness (QED) is 0.438. The third-order valence-corrected chi connectivity index (χ3v) is 2.05. The molecule has 0 N–H and O–H groups in total. The van der Waals surface area contributed by atoms with Crippen LogP contribution in [0.25, 0.3) is 0 Å². The lowest BCUT2D eigenvalue weighted by Crippen LogP contribution is -2.19. The third kappa shape index (κ3) is 0.501. The minimum absolute atomic E-state index is 0.179. The molecule has 46 valence electrons. The summed E-state index contributed by atoms with van der Waals surface area (Å²) in [6.45, 7) is 3.31. The number of hydrogen-bond acceptors (Lipinski definition) is 2. The predicted octanol–water partition coefficient (Wildman–Crippen LogP) is 1.13. The first-order valence-electron chi connectivity index (χ1n) is 3.28. The van der Waals surface area contributed by atoms with Crippen LogP contribution >= 0.6 is 0 Å². The zero-order chi connectivity index (χ0) is 5.61. The third-order valence-electron chi connectivity index (χ3n) is 2.05. The van der Waals surface area contributed by atoms with Crippen molar-refractivity contribution < 1.29 is 4.84 Å². The van der Waals surface area contributed by atoms with Gasteiger partial charge in [-0.3, -0.25) is 4.84 Å². The van der Waals surface area contributed by atoms with E-state index in [0.29, 0.717) is 0 Å². The maximum Gasteiger partial charge on any atom is 0.162 e. The summed E-state index contributed by atoms with van der Waals surface area (Å²) in [7, 11) is 0. The summed E-state index contributed by atoms with van der Waals surface area (Å²) in [6.07, 6.45) is 3.88. The number of rotatable bonds is 0. The molecule has 0 radical (unpaired) electrons. The topological polar surface area (TPSA) is 15.5 Å². The molecular weight excluding hydrogens is 102 g/mol. The molecule has 0 spiro atoms. The number of piperidine rings is 1. The summed E-state index contributed by atoms with van der Waals surface area (Å²) < 4.78 is 0. The van der Waals surface area contributed by atoms with Crippen molar-refractivity contribution in [2.24, 2.45) is 0 Å². The van der Waals surface area contributed by atoms with Gasteiger partial charge in [0.1, 0.15) is 0 Å². The molecule has 2 heteroatoms. The fourth-order valence-corrected chi connectivity index (χ4v) is 1.38. The summed E-state index contributed by atoms with van der Waals surface area (Å²) in [4.78, 5) is 5.30. The van der Waals surface area contributed by atoms with Crippen LogP contribution in [0.1, 0.15) is 26.2 Å². The van der Waals surface area contributed by atoms with Gasteiger partial charge < -0.3 is 0 Å². The zero-order valence-corrected chi connectivity index (χ0v) is 5.18. The Bertz CT molecular complexity index is 113. The lowest BCUT2D eigenvalue weighted by atomic mass is 10.1. The highest BCUT2D eigenvalue weighted by Gasteiger charge is 2.51. The van der Waals surface area contributed by atoms with Crippen molar-refractivity contribution in [2.45, 2.75) is 31.9 Å².